The summed E-state index contributed by atoms with van der Waals surface area (Å²) in [6.45, 7) is 0. The van der Waals surface area contributed by atoms with Crippen molar-refractivity contribution in [1.82, 2.24) is 5.43 Å². The molecule has 2 N–H and O–H groups in total. The van der Waals surface area contributed by atoms with Gasteiger partial charge in [0, 0.05) is 19.8 Å². The SMILES string of the molecule is COc1ccccc1NC(=S)N/N=C/c1ccc(N(C)C)cc1. The number of hydrogen-bond acceptors (Lipinski definition) is 4. The highest BCUT2D eigenvalue weighted by Crippen LogP contribution is 2.22. The molecule has 0 radical (unpaired) electrons. The third-order valence-corrected chi connectivity index (χ3v) is 3.34. The maximum absolute atomic E-state index is 5.26. The van der Waals surface area contributed by atoms with Crippen molar-refractivity contribution in [2.45, 2.75) is 0 Å². The molecule has 0 spiro atoms. The second-order valence-electron chi connectivity index (χ2n) is 5.01. The van der Waals surface area contributed by atoms with E-state index in [4.69, 9.17) is 17.0 Å². The van der Waals surface area contributed by atoms with Crippen molar-refractivity contribution in [3.63, 3.8) is 0 Å². The summed E-state index contributed by atoms with van der Waals surface area (Å²) in [4.78, 5) is 2.05. The minimum Gasteiger partial charge on any atom is -0.495 e. The molecule has 2 aromatic rings. The Morgan fingerprint density at radius 2 is 1.83 bits per heavy atom. The van der Waals surface area contributed by atoms with Crippen molar-refractivity contribution < 1.29 is 4.74 Å². The van der Waals surface area contributed by atoms with Crippen molar-refractivity contribution in [3.8, 4) is 5.75 Å². The first-order valence-electron chi connectivity index (χ1n) is 7.10. The van der Waals surface area contributed by atoms with Gasteiger partial charge in [0.1, 0.15) is 5.75 Å². The summed E-state index contributed by atoms with van der Waals surface area (Å²) in [6.07, 6.45) is 1.72. The fraction of sp³-hybridized carbons (Fsp3) is 0.176. The molecule has 120 valence electrons. The largest absolute Gasteiger partial charge is 0.495 e. The second-order valence-corrected chi connectivity index (χ2v) is 5.42. The van der Waals surface area contributed by atoms with Crippen molar-refractivity contribution in [2.24, 2.45) is 5.10 Å². The molecule has 0 fully saturated rings. The first-order valence-corrected chi connectivity index (χ1v) is 7.51. The lowest BCUT2D eigenvalue weighted by molar-refractivity contribution is 0.417. The van der Waals surface area contributed by atoms with Gasteiger partial charge in [-0.3, -0.25) is 5.43 Å². The fourth-order valence-corrected chi connectivity index (χ4v) is 2.08. The number of ether oxygens (including phenoxy) is 1. The predicted molar refractivity (Wildman–Crippen MR) is 101 cm³/mol. The van der Waals surface area contributed by atoms with Crippen LogP contribution in [0.25, 0.3) is 0 Å². The van der Waals surface area contributed by atoms with Crippen LogP contribution in [-0.4, -0.2) is 32.5 Å². The normalized spacial score (nSPS) is 10.4. The average Bonchev–Trinajstić information content (AvgIpc) is 2.56. The molecule has 0 aromatic heterocycles. The molecule has 0 aliphatic heterocycles. The van der Waals surface area contributed by atoms with E-state index in [1.807, 2.05) is 67.5 Å². The Morgan fingerprint density at radius 1 is 1.13 bits per heavy atom. The Morgan fingerprint density at radius 3 is 2.48 bits per heavy atom. The van der Waals surface area contributed by atoms with Gasteiger partial charge in [-0.05, 0) is 42.0 Å². The number of nitrogens with zero attached hydrogens (tertiary/aromatic N) is 2. The smallest absolute Gasteiger partial charge is 0.191 e. The minimum absolute atomic E-state index is 0.399. The van der Waals surface area contributed by atoms with E-state index in [0.29, 0.717) is 5.11 Å². The van der Waals surface area contributed by atoms with E-state index in [1.165, 1.54) is 0 Å². The molecule has 0 saturated carbocycles. The maximum atomic E-state index is 5.26. The van der Waals surface area contributed by atoms with Crippen LogP contribution in [0.5, 0.6) is 5.75 Å². The molecule has 6 heteroatoms. The Balaban J connectivity index is 1.91. The molecule has 0 atom stereocenters. The summed E-state index contributed by atoms with van der Waals surface area (Å²) in [5.41, 5.74) is 5.71. The maximum Gasteiger partial charge on any atom is 0.191 e. The highest BCUT2D eigenvalue weighted by molar-refractivity contribution is 7.80. The van der Waals surface area contributed by atoms with Gasteiger partial charge in [-0.1, -0.05) is 24.3 Å². The third-order valence-electron chi connectivity index (χ3n) is 3.14. The second kappa shape index (κ2) is 8.14. The first kappa shape index (κ1) is 16.8. The Bertz CT molecular complexity index is 683. The number of benzene rings is 2. The van der Waals surface area contributed by atoms with E-state index in [1.54, 1.807) is 13.3 Å². The van der Waals surface area contributed by atoms with Crippen LogP contribution in [0.1, 0.15) is 5.56 Å². The van der Waals surface area contributed by atoms with Crippen LogP contribution < -0.4 is 20.4 Å². The summed E-state index contributed by atoms with van der Waals surface area (Å²) in [5, 5.41) is 7.58. The van der Waals surface area contributed by atoms with E-state index in [0.717, 1.165) is 22.7 Å². The number of thiocarbonyl (C=S) groups is 1. The molecule has 0 heterocycles. The number of hydrogen-bond donors (Lipinski definition) is 2. The van der Waals surface area contributed by atoms with Crippen LogP contribution in [0.2, 0.25) is 0 Å². The van der Waals surface area contributed by atoms with Crippen molar-refractivity contribution >= 4 is 34.9 Å². The number of hydrazone groups is 1. The molecular formula is C17H20N4OS. The molecule has 23 heavy (non-hydrogen) atoms. The molecule has 0 bridgehead atoms. The molecule has 0 aliphatic rings. The van der Waals surface area contributed by atoms with Crippen LogP contribution in [0.4, 0.5) is 11.4 Å². The van der Waals surface area contributed by atoms with Gasteiger partial charge < -0.3 is 15.0 Å². The summed E-state index contributed by atoms with van der Waals surface area (Å²) < 4.78 is 5.26. The van der Waals surface area contributed by atoms with Gasteiger partial charge in [0.05, 0.1) is 19.0 Å². The van der Waals surface area contributed by atoms with Crippen LogP contribution in [0.15, 0.2) is 53.6 Å². The summed E-state index contributed by atoms with van der Waals surface area (Å²) >= 11 is 5.22. The highest BCUT2D eigenvalue weighted by Gasteiger charge is 2.02. The molecule has 0 amide bonds. The first-order chi connectivity index (χ1) is 11.1. The van der Waals surface area contributed by atoms with E-state index >= 15 is 0 Å². The van der Waals surface area contributed by atoms with Crippen LogP contribution >= 0.6 is 12.2 Å². The zero-order valence-electron chi connectivity index (χ0n) is 13.4. The van der Waals surface area contributed by atoms with Gasteiger partial charge in [-0.2, -0.15) is 5.10 Å². The van der Waals surface area contributed by atoms with Crippen LogP contribution in [-0.2, 0) is 0 Å². The van der Waals surface area contributed by atoms with Crippen molar-refractivity contribution in [1.29, 1.82) is 0 Å². The molecule has 0 aliphatic carbocycles. The standard InChI is InChI=1S/C17H20N4OS/c1-21(2)14-10-8-13(9-11-14)12-18-20-17(23)19-15-6-4-5-7-16(15)22-3/h4-12H,1-3H3,(H2,19,20,23)/b18-12+. The zero-order chi connectivity index (χ0) is 16.7. The molecule has 2 aromatic carbocycles. The molecule has 2 rings (SSSR count). The summed E-state index contributed by atoms with van der Waals surface area (Å²) in [6, 6.07) is 15.6. The number of anilines is 2. The fourth-order valence-electron chi connectivity index (χ4n) is 1.92. The molecule has 5 nitrogen and oxygen atoms in total. The highest BCUT2D eigenvalue weighted by atomic mass is 32.1. The van der Waals surface area contributed by atoms with Gasteiger partial charge >= 0.3 is 0 Å². The van der Waals surface area contributed by atoms with Gasteiger partial charge in [-0.25, -0.2) is 0 Å². The lowest BCUT2D eigenvalue weighted by Gasteiger charge is -2.12. The third kappa shape index (κ3) is 4.96. The predicted octanol–water partition coefficient (Wildman–Crippen LogP) is 3.08. The number of nitrogens with one attached hydrogen (secondary N) is 2. The molecular weight excluding hydrogens is 308 g/mol. The monoisotopic (exact) mass is 328 g/mol. The minimum atomic E-state index is 0.399. The lowest BCUT2D eigenvalue weighted by Crippen LogP contribution is -2.24. The zero-order valence-corrected chi connectivity index (χ0v) is 14.2. The van der Waals surface area contributed by atoms with Crippen LogP contribution in [0, 0.1) is 0 Å². The number of rotatable bonds is 5. The number of methoxy groups -OCH3 is 1. The number of para-hydroxylation sites is 2. The Hall–Kier alpha value is -2.60. The average molecular weight is 328 g/mol. The Kier molecular flexibility index (Phi) is 5.94. The van der Waals surface area contributed by atoms with E-state index in [2.05, 4.69) is 15.8 Å². The van der Waals surface area contributed by atoms with Gasteiger partial charge in [0.2, 0.25) is 0 Å². The van der Waals surface area contributed by atoms with E-state index in [-0.39, 0.29) is 0 Å². The van der Waals surface area contributed by atoms with E-state index in [9.17, 15) is 0 Å². The van der Waals surface area contributed by atoms with Gasteiger partial charge in [-0.15, -0.1) is 0 Å². The quantitative estimate of drug-likeness (QED) is 0.502. The molecule has 0 unspecified atom stereocenters. The van der Waals surface area contributed by atoms with E-state index < -0.39 is 0 Å². The van der Waals surface area contributed by atoms with Crippen molar-refractivity contribution in [3.05, 3.63) is 54.1 Å². The molecule has 0 saturated heterocycles. The Labute approximate surface area is 142 Å². The summed E-state index contributed by atoms with van der Waals surface area (Å²) in [5.74, 6) is 0.722. The topological polar surface area (TPSA) is 48.9 Å². The van der Waals surface area contributed by atoms with Crippen LogP contribution in [0.3, 0.4) is 0 Å². The van der Waals surface area contributed by atoms with Crippen molar-refractivity contribution in [2.75, 3.05) is 31.4 Å². The lowest BCUT2D eigenvalue weighted by atomic mass is 10.2. The summed E-state index contributed by atoms with van der Waals surface area (Å²) in [7, 11) is 5.63. The van der Waals surface area contributed by atoms with Gasteiger partial charge in [0.15, 0.2) is 5.11 Å². The van der Waals surface area contributed by atoms with Gasteiger partial charge in [0.25, 0.3) is 0 Å².